The average molecular weight is 325 g/mol. The van der Waals surface area contributed by atoms with E-state index in [0.29, 0.717) is 18.1 Å². The Morgan fingerprint density at radius 3 is 3.06 bits per heavy atom. The van der Waals surface area contributed by atoms with E-state index >= 15 is 0 Å². The van der Waals surface area contributed by atoms with Gasteiger partial charge in [-0.1, -0.05) is 5.16 Å². The fourth-order valence-electron chi connectivity index (χ4n) is 1.53. The van der Waals surface area contributed by atoms with Crippen molar-refractivity contribution in [1.82, 2.24) is 19.9 Å². The van der Waals surface area contributed by atoms with Gasteiger partial charge in [0.15, 0.2) is 0 Å². The van der Waals surface area contributed by atoms with Crippen molar-refractivity contribution in [1.29, 1.82) is 0 Å². The lowest BCUT2D eigenvalue weighted by Crippen LogP contribution is -2.01. The molecule has 0 aromatic carbocycles. The third-order valence-electron chi connectivity index (χ3n) is 2.38. The SMILES string of the molecule is Brc1ccc(-c2noc(CCn3cccn3)n2)s1. The lowest BCUT2D eigenvalue weighted by atomic mass is 10.4. The number of aryl methyl sites for hydroxylation is 2. The molecule has 0 aliphatic heterocycles. The molecule has 0 spiro atoms. The monoisotopic (exact) mass is 324 g/mol. The van der Waals surface area contributed by atoms with Gasteiger partial charge >= 0.3 is 0 Å². The highest BCUT2D eigenvalue weighted by atomic mass is 79.9. The zero-order valence-corrected chi connectivity index (χ0v) is 11.7. The van der Waals surface area contributed by atoms with Gasteiger partial charge in [-0.2, -0.15) is 10.1 Å². The fraction of sp³-hybridized carbons (Fsp3) is 0.182. The fourth-order valence-corrected chi connectivity index (χ4v) is 2.85. The van der Waals surface area contributed by atoms with Gasteiger partial charge in [0.1, 0.15) is 0 Å². The molecule has 0 bridgehead atoms. The molecule has 0 fully saturated rings. The van der Waals surface area contributed by atoms with E-state index in [4.69, 9.17) is 4.52 Å². The molecule has 3 aromatic heterocycles. The van der Waals surface area contributed by atoms with E-state index in [0.717, 1.165) is 15.2 Å². The number of hydrogen-bond acceptors (Lipinski definition) is 5. The van der Waals surface area contributed by atoms with E-state index in [2.05, 4.69) is 31.2 Å². The third kappa shape index (κ3) is 2.51. The first-order chi connectivity index (χ1) is 8.81. The first-order valence-corrected chi connectivity index (χ1v) is 6.98. The summed E-state index contributed by atoms with van der Waals surface area (Å²) >= 11 is 5.00. The summed E-state index contributed by atoms with van der Waals surface area (Å²) in [6.45, 7) is 0.739. The Hall–Kier alpha value is -1.47. The van der Waals surface area contributed by atoms with Gasteiger partial charge in [-0.15, -0.1) is 11.3 Å². The van der Waals surface area contributed by atoms with E-state index in [9.17, 15) is 0 Å². The highest BCUT2D eigenvalue weighted by Crippen LogP contribution is 2.29. The second-order valence-electron chi connectivity index (χ2n) is 3.63. The molecule has 0 N–H and O–H groups in total. The number of nitrogens with zero attached hydrogens (tertiary/aromatic N) is 4. The molecule has 0 saturated heterocycles. The maximum atomic E-state index is 5.22. The number of hydrogen-bond donors (Lipinski definition) is 0. The first kappa shape index (κ1) is 11.6. The molecule has 3 heterocycles. The van der Waals surface area contributed by atoms with Gasteiger partial charge in [0.05, 0.1) is 8.66 Å². The smallest absolute Gasteiger partial charge is 0.228 e. The Balaban J connectivity index is 1.70. The largest absolute Gasteiger partial charge is 0.339 e. The minimum atomic E-state index is 0.630. The van der Waals surface area contributed by atoms with Gasteiger partial charge in [0, 0.05) is 25.4 Å². The topological polar surface area (TPSA) is 56.7 Å². The van der Waals surface area contributed by atoms with Crippen LogP contribution in [-0.2, 0) is 13.0 Å². The summed E-state index contributed by atoms with van der Waals surface area (Å²) in [7, 11) is 0. The number of rotatable bonds is 4. The minimum absolute atomic E-state index is 0.630. The molecule has 18 heavy (non-hydrogen) atoms. The van der Waals surface area contributed by atoms with E-state index < -0.39 is 0 Å². The van der Waals surface area contributed by atoms with Crippen molar-refractivity contribution in [3.05, 3.63) is 40.3 Å². The summed E-state index contributed by atoms with van der Waals surface area (Å²) in [4.78, 5) is 5.36. The van der Waals surface area contributed by atoms with Crippen molar-refractivity contribution in [2.45, 2.75) is 13.0 Å². The molecule has 3 aromatic rings. The normalized spacial score (nSPS) is 10.9. The van der Waals surface area contributed by atoms with E-state index in [1.807, 2.05) is 29.1 Å². The highest BCUT2D eigenvalue weighted by Gasteiger charge is 2.10. The van der Waals surface area contributed by atoms with Gasteiger partial charge in [-0.25, -0.2) is 0 Å². The van der Waals surface area contributed by atoms with Crippen LogP contribution in [0.5, 0.6) is 0 Å². The molecule has 92 valence electrons. The Labute approximate surface area is 116 Å². The lowest BCUT2D eigenvalue weighted by molar-refractivity contribution is 0.369. The predicted molar refractivity (Wildman–Crippen MR) is 71.2 cm³/mol. The predicted octanol–water partition coefficient (Wildman–Crippen LogP) is 3.00. The summed E-state index contributed by atoms with van der Waals surface area (Å²) in [5, 5.41) is 8.10. The lowest BCUT2D eigenvalue weighted by Gasteiger charge is -1.95. The Morgan fingerprint density at radius 2 is 2.33 bits per heavy atom. The zero-order chi connectivity index (χ0) is 12.4. The molecule has 0 unspecified atom stereocenters. The maximum Gasteiger partial charge on any atom is 0.228 e. The van der Waals surface area contributed by atoms with Gasteiger partial charge in [0.2, 0.25) is 11.7 Å². The summed E-state index contributed by atoms with van der Waals surface area (Å²) in [6.07, 6.45) is 4.34. The number of aromatic nitrogens is 4. The van der Waals surface area contributed by atoms with Crippen LogP contribution in [0, 0.1) is 0 Å². The zero-order valence-electron chi connectivity index (χ0n) is 9.28. The molecule has 3 rings (SSSR count). The molecular formula is C11H9BrN4OS. The Kier molecular flexibility index (Phi) is 3.24. The second-order valence-corrected chi connectivity index (χ2v) is 6.10. The van der Waals surface area contributed by atoms with Crippen LogP contribution in [0.25, 0.3) is 10.7 Å². The highest BCUT2D eigenvalue weighted by molar-refractivity contribution is 9.11. The van der Waals surface area contributed by atoms with Crippen molar-refractivity contribution < 1.29 is 4.52 Å². The summed E-state index contributed by atoms with van der Waals surface area (Å²) in [5.74, 6) is 1.27. The molecular weight excluding hydrogens is 316 g/mol. The molecule has 0 aliphatic rings. The molecule has 0 radical (unpaired) electrons. The molecule has 0 saturated carbocycles. The van der Waals surface area contributed by atoms with Gasteiger partial charge in [-0.05, 0) is 34.1 Å². The van der Waals surface area contributed by atoms with Crippen LogP contribution in [-0.4, -0.2) is 19.9 Å². The number of thiophene rings is 1. The van der Waals surface area contributed by atoms with E-state index in [-0.39, 0.29) is 0 Å². The Morgan fingerprint density at radius 1 is 1.39 bits per heavy atom. The van der Waals surface area contributed by atoms with Crippen molar-refractivity contribution in [2.24, 2.45) is 0 Å². The van der Waals surface area contributed by atoms with Crippen LogP contribution in [0.15, 0.2) is 38.9 Å². The van der Waals surface area contributed by atoms with Crippen molar-refractivity contribution >= 4 is 27.3 Å². The van der Waals surface area contributed by atoms with Gasteiger partial charge in [-0.3, -0.25) is 4.68 Å². The molecule has 0 aliphatic carbocycles. The summed E-state index contributed by atoms with van der Waals surface area (Å²) in [6, 6.07) is 5.83. The summed E-state index contributed by atoms with van der Waals surface area (Å²) < 4.78 is 8.11. The van der Waals surface area contributed by atoms with Crippen LogP contribution in [0.3, 0.4) is 0 Å². The van der Waals surface area contributed by atoms with E-state index in [1.165, 1.54) is 0 Å². The molecule has 0 atom stereocenters. The molecule has 5 nitrogen and oxygen atoms in total. The second kappa shape index (κ2) is 5.03. The Bertz CT molecular complexity index is 631. The molecule has 7 heteroatoms. The van der Waals surface area contributed by atoms with Crippen molar-refractivity contribution in [2.75, 3.05) is 0 Å². The first-order valence-electron chi connectivity index (χ1n) is 5.37. The van der Waals surface area contributed by atoms with Gasteiger partial charge < -0.3 is 4.52 Å². The maximum absolute atomic E-state index is 5.22. The third-order valence-corrected chi connectivity index (χ3v) is 4.00. The van der Waals surface area contributed by atoms with Crippen LogP contribution in [0.4, 0.5) is 0 Å². The minimum Gasteiger partial charge on any atom is -0.339 e. The average Bonchev–Trinajstić information content (AvgIpc) is 3.07. The number of halogens is 1. The van der Waals surface area contributed by atoms with Crippen LogP contribution >= 0.6 is 27.3 Å². The van der Waals surface area contributed by atoms with Crippen molar-refractivity contribution in [3.63, 3.8) is 0 Å². The van der Waals surface area contributed by atoms with Crippen LogP contribution < -0.4 is 0 Å². The van der Waals surface area contributed by atoms with Crippen LogP contribution in [0.2, 0.25) is 0 Å². The summed E-state index contributed by atoms with van der Waals surface area (Å²) in [5.41, 5.74) is 0. The van der Waals surface area contributed by atoms with Crippen molar-refractivity contribution in [3.8, 4) is 10.7 Å². The van der Waals surface area contributed by atoms with Gasteiger partial charge in [0.25, 0.3) is 0 Å². The van der Waals surface area contributed by atoms with E-state index in [1.54, 1.807) is 17.5 Å². The quantitative estimate of drug-likeness (QED) is 0.740. The standard InChI is InChI=1S/C11H9BrN4OS/c12-9-3-2-8(18-9)11-14-10(17-15-11)4-7-16-6-1-5-13-16/h1-3,5-6H,4,7H2. The van der Waals surface area contributed by atoms with Crippen LogP contribution in [0.1, 0.15) is 5.89 Å². The molecule has 0 amide bonds.